The fourth-order valence-corrected chi connectivity index (χ4v) is 2.15. The van der Waals surface area contributed by atoms with E-state index < -0.39 is 12.6 Å². The number of aromatic nitrogens is 2. The number of halogens is 4. The zero-order valence-corrected chi connectivity index (χ0v) is 12.0. The van der Waals surface area contributed by atoms with Gasteiger partial charge in [0.15, 0.2) is 0 Å². The van der Waals surface area contributed by atoms with Crippen LogP contribution in [0.2, 0.25) is 0 Å². The van der Waals surface area contributed by atoms with E-state index in [1.165, 1.54) is 0 Å². The maximum Gasteiger partial charge on any atom is 0.389 e. The highest BCUT2D eigenvalue weighted by Crippen LogP contribution is 2.31. The molecule has 1 aromatic heterocycles. The molecule has 0 aliphatic carbocycles. The van der Waals surface area contributed by atoms with Crippen LogP contribution < -0.4 is 5.73 Å². The zero-order chi connectivity index (χ0) is 14.1. The van der Waals surface area contributed by atoms with E-state index in [9.17, 15) is 13.2 Å². The van der Waals surface area contributed by atoms with Gasteiger partial charge in [-0.05, 0) is 15.9 Å². The molecular formula is C11H15BrF3N3. The van der Waals surface area contributed by atoms with E-state index >= 15 is 0 Å². The molecule has 0 saturated carbocycles. The third-order valence-corrected chi connectivity index (χ3v) is 3.05. The van der Waals surface area contributed by atoms with Crippen LogP contribution in [0.15, 0.2) is 4.47 Å². The van der Waals surface area contributed by atoms with Crippen LogP contribution in [0.5, 0.6) is 0 Å². The van der Waals surface area contributed by atoms with Crippen molar-refractivity contribution in [3.63, 3.8) is 0 Å². The van der Waals surface area contributed by atoms with E-state index in [0.29, 0.717) is 10.2 Å². The number of hydrogen-bond donors (Lipinski definition) is 1. The Morgan fingerprint density at radius 1 is 1.17 bits per heavy atom. The molecular weight excluding hydrogens is 311 g/mol. The number of anilines is 1. The second kappa shape index (κ2) is 5.03. The topological polar surface area (TPSA) is 51.8 Å². The van der Waals surface area contributed by atoms with Crippen LogP contribution in [-0.2, 0) is 11.8 Å². The summed E-state index contributed by atoms with van der Waals surface area (Å²) in [5.41, 5.74) is 5.98. The van der Waals surface area contributed by atoms with Crippen molar-refractivity contribution >= 4 is 21.7 Å². The van der Waals surface area contributed by atoms with E-state index in [2.05, 4.69) is 25.9 Å². The molecule has 0 bridgehead atoms. The molecule has 1 rings (SSSR count). The van der Waals surface area contributed by atoms with Crippen molar-refractivity contribution in [3.8, 4) is 0 Å². The van der Waals surface area contributed by atoms with Gasteiger partial charge in [-0.2, -0.15) is 13.2 Å². The lowest BCUT2D eigenvalue weighted by Crippen LogP contribution is -2.19. The largest absolute Gasteiger partial charge is 0.389 e. The molecule has 0 atom stereocenters. The number of nitrogens with zero attached hydrogens (tertiary/aromatic N) is 2. The van der Waals surface area contributed by atoms with E-state index in [1.807, 2.05) is 20.8 Å². The summed E-state index contributed by atoms with van der Waals surface area (Å²) in [5.74, 6) is 0.296. The van der Waals surface area contributed by atoms with Gasteiger partial charge in [0.2, 0.25) is 0 Å². The number of alkyl halides is 3. The van der Waals surface area contributed by atoms with E-state index in [0.717, 1.165) is 0 Å². The van der Waals surface area contributed by atoms with Gasteiger partial charge in [0, 0.05) is 11.8 Å². The third-order valence-electron chi connectivity index (χ3n) is 2.27. The quantitative estimate of drug-likeness (QED) is 0.903. The molecule has 0 unspecified atom stereocenters. The first kappa shape index (κ1) is 15.2. The molecule has 1 aromatic rings. The average molecular weight is 326 g/mol. The van der Waals surface area contributed by atoms with Crippen LogP contribution in [0.1, 0.15) is 38.7 Å². The summed E-state index contributed by atoms with van der Waals surface area (Å²) in [6, 6.07) is 0. The Morgan fingerprint density at radius 3 is 2.17 bits per heavy atom. The maximum absolute atomic E-state index is 12.2. The van der Waals surface area contributed by atoms with Crippen LogP contribution >= 0.6 is 15.9 Å². The van der Waals surface area contributed by atoms with Gasteiger partial charge in [-0.1, -0.05) is 20.8 Å². The molecule has 0 aliphatic rings. The smallest absolute Gasteiger partial charge is 0.383 e. The van der Waals surface area contributed by atoms with E-state index in [1.54, 1.807) is 0 Å². The number of nitrogens with two attached hydrogens (primary N) is 1. The van der Waals surface area contributed by atoms with Gasteiger partial charge in [0.05, 0.1) is 16.6 Å². The SMILES string of the molecule is CC(C)(C)c1nc(CCC(F)(F)F)nc(N)c1Br. The fraction of sp³-hybridized carbons (Fsp3) is 0.636. The molecule has 102 valence electrons. The van der Waals surface area contributed by atoms with Crippen LogP contribution in [0.25, 0.3) is 0 Å². The minimum absolute atomic E-state index is 0.123. The van der Waals surface area contributed by atoms with Crippen molar-refractivity contribution in [1.29, 1.82) is 0 Å². The summed E-state index contributed by atoms with van der Waals surface area (Å²) >= 11 is 3.27. The van der Waals surface area contributed by atoms with Gasteiger partial charge in [-0.25, -0.2) is 9.97 Å². The standard InChI is InChI=1S/C11H15BrF3N3/c1-10(2,3)8-7(12)9(16)18-6(17-8)4-5-11(13,14)15/h4-5H2,1-3H3,(H2,16,17,18). The molecule has 0 fully saturated rings. The van der Waals surface area contributed by atoms with E-state index in [4.69, 9.17) is 5.73 Å². The lowest BCUT2D eigenvalue weighted by atomic mass is 9.92. The summed E-state index contributed by atoms with van der Waals surface area (Å²) in [5, 5.41) is 0. The van der Waals surface area contributed by atoms with Gasteiger partial charge >= 0.3 is 6.18 Å². The first-order valence-electron chi connectivity index (χ1n) is 5.40. The number of hydrogen-bond acceptors (Lipinski definition) is 3. The van der Waals surface area contributed by atoms with Gasteiger partial charge in [-0.3, -0.25) is 0 Å². The molecule has 0 aliphatic heterocycles. The summed E-state index contributed by atoms with van der Waals surface area (Å²) in [4.78, 5) is 8.04. The Balaban J connectivity index is 3.06. The Morgan fingerprint density at radius 2 is 1.72 bits per heavy atom. The monoisotopic (exact) mass is 325 g/mol. The van der Waals surface area contributed by atoms with Crippen LogP contribution in [0.4, 0.5) is 19.0 Å². The Labute approximate surface area is 112 Å². The van der Waals surface area contributed by atoms with Crippen molar-refractivity contribution in [2.24, 2.45) is 0 Å². The summed E-state index contributed by atoms with van der Waals surface area (Å²) < 4.78 is 37.0. The molecule has 3 nitrogen and oxygen atoms in total. The van der Waals surface area contributed by atoms with Crippen molar-refractivity contribution in [2.75, 3.05) is 5.73 Å². The minimum atomic E-state index is -4.22. The zero-order valence-electron chi connectivity index (χ0n) is 10.4. The molecule has 18 heavy (non-hydrogen) atoms. The lowest BCUT2D eigenvalue weighted by molar-refractivity contribution is -0.134. The summed E-state index contributed by atoms with van der Waals surface area (Å²) in [6.45, 7) is 5.73. The second-order valence-corrected chi connectivity index (χ2v) is 5.85. The molecule has 1 heterocycles. The molecule has 0 amide bonds. The van der Waals surface area contributed by atoms with Crippen molar-refractivity contribution < 1.29 is 13.2 Å². The predicted molar refractivity (Wildman–Crippen MR) is 67.2 cm³/mol. The molecule has 0 radical (unpaired) electrons. The number of aryl methyl sites for hydroxylation is 1. The van der Waals surface area contributed by atoms with Crippen molar-refractivity contribution in [2.45, 2.75) is 45.2 Å². The van der Waals surface area contributed by atoms with Crippen molar-refractivity contribution in [1.82, 2.24) is 9.97 Å². The first-order chi connectivity index (χ1) is 8.00. The highest BCUT2D eigenvalue weighted by Gasteiger charge is 2.28. The van der Waals surface area contributed by atoms with E-state index in [-0.39, 0.29) is 23.5 Å². The van der Waals surface area contributed by atoms with Gasteiger partial charge < -0.3 is 5.73 Å². The maximum atomic E-state index is 12.2. The predicted octanol–water partition coefficient (Wildman–Crippen LogP) is 3.61. The number of nitrogen functional groups attached to an aromatic ring is 1. The molecule has 0 spiro atoms. The molecule has 0 saturated heterocycles. The minimum Gasteiger partial charge on any atom is -0.383 e. The van der Waals surface area contributed by atoms with Crippen molar-refractivity contribution in [3.05, 3.63) is 16.0 Å². The van der Waals surface area contributed by atoms with Crippen LogP contribution in [0.3, 0.4) is 0 Å². The lowest BCUT2D eigenvalue weighted by Gasteiger charge is -2.21. The first-order valence-corrected chi connectivity index (χ1v) is 6.19. The highest BCUT2D eigenvalue weighted by molar-refractivity contribution is 9.10. The fourth-order valence-electron chi connectivity index (χ4n) is 1.37. The van der Waals surface area contributed by atoms with Gasteiger partial charge in [-0.15, -0.1) is 0 Å². The third kappa shape index (κ3) is 4.12. The highest BCUT2D eigenvalue weighted by atomic mass is 79.9. The summed E-state index contributed by atoms with van der Waals surface area (Å²) in [6.07, 6.45) is -5.42. The molecule has 7 heteroatoms. The average Bonchev–Trinajstić information content (AvgIpc) is 2.16. The van der Waals surface area contributed by atoms with Crippen LogP contribution in [-0.4, -0.2) is 16.1 Å². The number of rotatable bonds is 2. The van der Waals surface area contributed by atoms with Gasteiger partial charge in [0.1, 0.15) is 11.6 Å². The second-order valence-electron chi connectivity index (χ2n) is 5.05. The van der Waals surface area contributed by atoms with Gasteiger partial charge in [0.25, 0.3) is 0 Å². The Hall–Kier alpha value is -0.850. The molecule has 0 aromatic carbocycles. The summed E-state index contributed by atoms with van der Waals surface area (Å²) in [7, 11) is 0. The van der Waals surface area contributed by atoms with Crippen LogP contribution in [0, 0.1) is 0 Å². The molecule has 2 N–H and O–H groups in total. The Bertz CT molecular complexity index is 438. The normalized spacial score (nSPS) is 12.8. The Kier molecular flexibility index (Phi) is 4.25.